The number of fused-ring (bicyclic) bond motifs is 3. The Labute approximate surface area is 153 Å². The van der Waals surface area contributed by atoms with E-state index in [-0.39, 0.29) is 29.5 Å². The Morgan fingerprint density at radius 3 is 2.12 bits per heavy atom. The smallest absolute Gasteiger partial charge is 0.210 e. The summed E-state index contributed by atoms with van der Waals surface area (Å²) in [5.74, 6) is -5.05. The molecule has 0 aromatic heterocycles. The summed E-state index contributed by atoms with van der Waals surface area (Å²) in [6, 6.07) is 6.86. The fourth-order valence-corrected chi connectivity index (χ4v) is 3.56. The number of halogens is 5. The number of rotatable bonds is 1. The molecule has 2 nitrogen and oxygen atoms in total. The van der Waals surface area contributed by atoms with Crippen LogP contribution in [0.2, 0.25) is 0 Å². The number of ether oxygens (including phenoxy) is 2. The van der Waals surface area contributed by atoms with Gasteiger partial charge in [-0.3, -0.25) is 0 Å². The largest absolute Gasteiger partial charge is 0.343 e. The average molecular weight is 462 g/mol. The van der Waals surface area contributed by atoms with Crippen molar-refractivity contribution in [2.45, 2.75) is 10.2 Å². The van der Waals surface area contributed by atoms with Crippen LogP contribution in [0.1, 0.15) is 11.5 Å². The maximum Gasteiger partial charge on any atom is 0.210 e. The van der Waals surface area contributed by atoms with Gasteiger partial charge in [-0.25, -0.2) is 17.6 Å². The van der Waals surface area contributed by atoms with Gasteiger partial charge in [-0.1, -0.05) is 18.2 Å². The summed E-state index contributed by atoms with van der Waals surface area (Å²) in [7, 11) is 0. The Morgan fingerprint density at radius 2 is 1.40 bits per heavy atom. The lowest BCUT2D eigenvalue weighted by Crippen LogP contribution is -2.27. The van der Waals surface area contributed by atoms with E-state index in [0.717, 1.165) is 6.07 Å². The molecule has 0 atom stereocenters. The number of alkyl halides is 1. The minimum absolute atomic E-state index is 0.101. The molecule has 0 amide bonds. The lowest BCUT2D eigenvalue weighted by Gasteiger charge is -2.27. The first-order valence-corrected chi connectivity index (χ1v) is 8.77. The molecule has 1 heterocycles. The average Bonchev–Trinajstić information content (AvgIpc) is 2.61. The van der Waals surface area contributed by atoms with Gasteiger partial charge in [0.15, 0.2) is 23.3 Å². The third kappa shape index (κ3) is 2.78. The second-order valence-corrected chi connectivity index (χ2v) is 6.87. The molecule has 3 aromatic carbocycles. The van der Waals surface area contributed by atoms with E-state index in [0.29, 0.717) is 10.8 Å². The molecular weight excluding hydrogens is 451 g/mol. The molecule has 1 saturated heterocycles. The van der Waals surface area contributed by atoms with E-state index in [4.69, 9.17) is 9.47 Å². The van der Waals surface area contributed by atoms with Gasteiger partial charge in [-0.2, -0.15) is 0 Å². The summed E-state index contributed by atoms with van der Waals surface area (Å²) in [5, 5.41) is 0.0705. The molecule has 1 aliphatic heterocycles. The minimum atomic E-state index is -1.20. The van der Waals surface area contributed by atoms with E-state index in [2.05, 4.69) is 0 Å². The summed E-state index contributed by atoms with van der Waals surface area (Å²) in [6.07, 6.45) is 0. The van der Waals surface area contributed by atoms with Gasteiger partial charge in [-0.05, 0) is 51.1 Å². The molecular formula is C18H11F4IO2. The molecule has 0 aliphatic carbocycles. The van der Waals surface area contributed by atoms with Crippen molar-refractivity contribution in [3.8, 4) is 0 Å². The van der Waals surface area contributed by atoms with Gasteiger partial charge in [0.1, 0.15) is 0 Å². The first-order chi connectivity index (χ1) is 12.0. The molecule has 25 heavy (non-hydrogen) atoms. The van der Waals surface area contributed by atoms with Crippen molar-refractivity contribution in [3.05, 3.63) is 59.2 Å². The van der Waals surface area contributed by atoms with Crippen LogP contribution in [0.3, 0.4) is 0 Å². The zero-order valence-corrected chi connectivity index (χ0v) is 14.8. The van der Waals surface area contributed by atoms with Crippen LogP contribution in [0.25, 0.3) is 21.5 Å². The normalized spacial score (nSPS) is 21.2. The molecule has 1 aliphatic rings. The molecule has 0 radical (unpaired) electrons. The van der Waals surface area contributed by atoms with Gasteiger partial charge in [0.05, 0.1) is 13.2 Å². The molecule has 3 aromatic rings. The van der Waals surface area contributed by atoms with Crippen LogP contribution >= 0.6 is 22.6 Å². The topological polar surface area (TPSA) is 18.5 Å². The van der Waals surface area contributed by atoms with E-state index in [1.165, 1.54) is 12.1 Å². The van der Waals surface area contributed by atoms with E-state index in [1.807, 2.05) is 22.6 Å². The van der Waals surface area contributed by atoms with Crippen molar-refractivity contribution >= 4 is 44.1 Å². The second-order valence-electron chi connectivity index (χ2n) is 5.85. The zero-order valence-electron chi connectivity index (χ0n) is 12.7. The minimum Gasteiger partial charge on any atom is -0.343 e. The molecule has 0 unspecified atom stereocenters. The van der Waals surface area contributed by atoms with Crippen molar-refractivity contribution in [1.29, 1.82) is 0 Å². The molecule has 0 spiro atoms. The molecule has 7 heteroatoms. The van der Waals surface area contributed by atoms with Gasteiger partial charge in [-0.15, -0.1) is 0 Å². The van der Waals surface area contributed by atoms with Crippen LogP contribution in [0.15, 0.2) is 30.3 Å². The summed E-state index contributed by atoms with van der Waals surface area (Å²) >= 11 is 1.94. The van der Waals surface area contributed by atoms with Crippen molar-refractivity contribution in [1.82, 2.24) is 0 Å². The standard InChI is InChI=1S/C18H11F4IO2/c19-12-4-3-8-1-2-9-5-11(10-6-24-18(23)25-7-10)15(20)17(22)14(9)13(8)16(12)21/h1-5,10,18H,6-7H2. The predicted molar refractivity (Wildman–Crippen MR) is 93.7 cm³/mol. The highest BCUT2D eigenvalue weighted by Gasteiger charge is 2.27. The fraction of sp³-hybridized carbons (Fsp3) is 0.222. The molecule has 0 saturated carbocycles. The molecule has 1 fully saturated rings. The van der Waals surface area contributed by atoms with E-state index in [1.54, 1.807) is 12.1 Å². The Kier molecular flexibility index (Phi) is 4.33. The van der Waals surface area contributed by atoms with Gasteiger partial charge >= 0.3 is 0 Å². The lowest BCUT2D eigenvalue weighted by atomic mass is 9.93. The Hall–Kier alpha value is -1.45. The summed E-state index contributed by atoms with van der Waals surface area (Å²) in [5.41, 5.74) is 0.101. The first kappa shape index (κ1) is 17.0. The predicted octanol–water partition coefficient (Wildman–Crippen LogP) is 5.40. The summed E-state index contributed by atoms with van der Waals surface area (Å²) < 4.78 is 67.5. The summed E-state index contributed by atoms with van der Waals surface area (Å²) in [6.45, 7) is 0.373. The summed E-state index contributed by atoms with van der Waals surface area (Å²) in [4.78, 5) is 0. The van der Waals surface area contributed by atoms with Crippen molar-refractivity contribution < 1.29 is 27.0 Å². The van der Waals surface area contributed by atoms with E-state index < -0.39 is 33.5 Å². The third-order valence-electron chi connectivity index (χ3n) is 4.38. The lowest BCUT2D eigenvalue weighted by molar-refractivity contribution is -0.123. The fourth-order valence-electron chi connectivity index (χ4n) is 3.15. The number of hydrogen-bond acceptors (Lipinski definition) is 2. The van der Waals surface area contributed by atoms with Crippen LogP contribution in [0.5, 0.6) is 0 Å². The van der Waals surface area contributed by atoms with Crippen molar-refractivity contribution in [3.63, 3.8) is 0 Å². The van der Waals surface area contributed by atoms with Crippen molar-refractivity contribution in [2.24, 2.45) is 0 Å². The van der Waals surface area contributed by atoms with E-state index >= 15 is 0 Å². The highest BCUT2D eigenvalue weighted by molar-refractivity contribution is 14.1. The Balaban J connectivity index is 1.97. The molecule has 4 rings (SSSR count). The second kappa shape index (κ2) is 6.37. The van der Waals surface area contributed by atoms with Gasteiger partial charge in [0, 0.05) is 16.7 Å². The Morgan fingerprint density at radius 1 is 0.800 bits per heavy atom. The van der Waals surface area contributed by atoms with Crippen LogP contribution < -0.4 is 0 Å². The van der Waals surface area contributed by atoms with Crippen LogP contribution in [-0.4, -0.2) is 17.5 Å². The number of hydrogen-bond donors (Lipinski definition) is 0. The monoisotopic (exact) mass is 462 g/mol. The maximum absolute atomic E-state index is 14.8. The van der Waals surface area contributed by atoms with Crippen LogP contribution in [0, 0.1) is 23.3 Å². The molecule has 130 valence electrons. The Bertz CT molecular complexity index is 984. The molecule has 0 bridgehead atoms. The third-order valence-corrected chi connectivity index (χ3v) is 5.10. The van der Waals surface area contributed by atoms with Crippen LogP contribution in [0.4, 0.5) is 17.6 Å². The number of benzene rings is 3. The van der Waals surface area contributed by atoms with Gasteiger partial charge in [0.2, 0.25) is 4.30 Å². The van der Waals surface area contributed by atoms with Gasteiger partial charge in [0.25, 0.3) is 0 Å². The van der Waals surface area contributed by atoms with Crippen LogP contribution in [-0.2, 0) is 9.47 Å². The zero-order chi connectivity index (χ0) is 17.7. The highest BCUT2D eigenvalue weighted by Crippen LogP contribution is 2.36. The van der Waals surface area contributed by atoms with Gasteiger partial charge < -0.3 is 9.47 Å². The first-order valence-electron chi connectivity index (χ1n) is 7.53. The molecule has 0 N–H and O–H groups in total. The quantitative estimate of drug-likeness (QED) is 0.209. The highest BCUT2D eigenvalue weighted by atomic mass is 127. The van der Waals surface area contributed by atoms with Crippen molar-refractivity contribution in [2.75, 3.05) is 13.2 Å². The SMILES string of the molecule is Fc1ccc2ccc3cc(C4COC(I)OC4)c(F)c(F)c3c2c1F. The maximum atomic E-state index is 14.8. The van der Waals surface area contributed by atoms with E-state index in [9.17, 15) is 17.6 Å².